The van der Waals surface area contributed by atoms with Gasteiger partial charge < -0.3 is 9.47 Å². The molecule has 0 atom stereocenters. The third-order valence-corrected chi connectivity index (χ3v) is 2.21. The van der Waals surface area contributed by atoms with Crippen molar-refractivity contribution in [2.75, 3.05) is 20.3 Å². The van der Waals surface area contributed by atoms with E-state index in [1.807, 2.05) is 36.4 Å². The van der Waals surface area contributed by atoms with Gasteiger partial charge in [0.15, 0.2) is 0 Å². The number of fused-ring (bicyclic) bond motifs is 1. The van der Waals surface area contributed by atoms with E-state index in [-0.39, 0.29) is 0 Å². The van der Waals surface area contributed by atoms with Gasteiger partial charge in [-0.1, -0.05) is 30.3 Å². The minimum absolute atomic E-state index is 0.574. The first-order chi connectivity index (χ1) is 7.42. The summed E-state index contributed by atoms with van der Waals surface area (Å²) in [6.07, 6.45) is 0. The average molecular weight is 201 g/mol. The third kappa shape index (κ3) is 2.28. The van der Waals surface area contributed by atoms with Gasteiger partial charge in [-0.25, -0.2) is 0 Å². The summed E-state index contributed by atoms with van der Waals surface area (Å²) in [5.41, 5.74) is 0. The zero-order chi connectivity index (χ0) is 10.5. The molecule has 0 saturated heterocycles. The molecule has 0 heterocycles. The van der Waals surface area contributed by atoms with Crippen molar-refractivity contribution in [3.8, 4) is 5.75 Å². The number of benzene rings is 2. The fraction of sp³-hybridized carbons (Fsp3) is 0.231. The van der Waals surface area contributed by atoms with E-state index in [0.717, 1.165) is 16.5 Å². The van der Waals surface area contributed by atoms with Gasteiger partial charge in [-0.3, -0.25) is 0 Å². The van der Waals surface area contributed by atoms with Crippen LogP contribution in [0.5, 0.6) is 5.75 Å². The van der Waals surface area contributed by atoms with Gasteiger partial charge in [0.1, 0.15) is 12.4 Å². The Morgan fingerprint density at radius 1 is 1.13 bits per heavy atom. The molecule has 0 amide bonds. The third-order valence-electron chi connectivity index (χ3n) is 2.21. The molecule has 0 saturated carbocycles. The molecular weight excluding hydrogens is 188 g/mol. The first-order valence-electron chi connectivity index (χ1n) is 4.93. The Kier molecular flexibility index (Phi) is 3.20. The van der Waals surface area contributed by atoms with Gasteiger partial charge in [0.2, 0.25) is 0 Å². The average Bonchev–Trinajstić information content (AvgIpc) is 2.30. The minimum Gasteiger partial charge on any atom is -0.491 e. The molecule has 0 fully saturated rings. The zero-order valence-electron chi connectivity index (χ0n) is 8.69. The molecule has 0 aliphatic carbocycles. The quantitative estimate of drug-likeness (QED) is 0.708. The Balaban J connectivity index is 2.26. The maximum absolute atomic E-state index is 5.61. The van der Waals surface area contributed by atoms with E-state index in [0.29, 0.717) is 13.2 Å². The van der Waals surface area contributed by atoms with Crippen molar-refractivity contribution in [2.45, 2.75) is 0 Å². The molecular formula is C13H13O2. The first kappa shape index (κ1) is 9.99. The molecule has 0 unspecified atom stereocenters. The number of ether oxygens (including phenoxy) is 2. The summed E-state index contributed by atoms with van der Waals surface area (Å²) in [5.74, 6) is 0.890. The van der Waals surface area contributed by atoms with Crippen molar-refractivity contribution < 1.29 is 9.47 Å². The van der Waals surface area contributed by atoms with Crippen molar-refractivity contribution in [3.05, 3.63) is 42.5 Å². The Hall–Kier alpha value is -1.54. The van der Waals surface area contributed by atoms with Crippen molar-refractivity contribution >= 4 is 10.8 Å². The van der Waals surface area contributed by atoms with Crippen molar-refractivity contribution in [2.24, 2.45) is 0 Å². The summed E-state index contributed by atoms with van der Waals surface area (Å²) in [6, 6.07) is 15.0. The molecule has 0 aromatic heterocycles. The van der Waals surface area contributed by atoms with Gasteiger partial charge >= 0.3 is 0 Å². The van der Waals surface area contributed by atoms with Crippen LogP contribution in [0, 0.1) is 6.07 Å². The monoisotopic (exact) mass is 201 g/mol. The molecule has 2 rings (SSSR count). The summed E-state index contributed by atoms with van der Waals surface area (Å²) in [7, 11) is 1.67. The second-order valence-electron chi connectivity index (χ2n) is 3.23. The van der Waals surface area contributed by atoms with Crippen LogP contribution in [0.25, 0.3) is 10.8 Å². The van der Waals surface area contributed by atoms with Crippen LogP contribution in [0.1, 0.15) is 0 Å². The van der Waals surface area contributed by atoms with E-state index < -0.39 is 0 Å². The van der Waals surface area contributed by atoms with E-state index >= 15 is 0 Å². The van der Waals surface area contributed by atoms with Crippen LogP contribution in [0.3, 0.4) is 0 Å². The highest BCUT2D eigenvalue weighted by Crippen LogP contribution is 2.24. The van der Waals surface area contributed by atoms with Crippen LogP contribution >= 0.6 is 0 Å². The highest BCUT2D eigenvalue weighted by molar-refractivity contribution is 5.87. The molecule has 15 heavy (non-hydrogen) atoms. The van der Waals surface area contributed by atoms with Gasteiger partial charge in [0, 0.05) is 12.5 Å². The van der Waals surface area contributed by atoms with Crippen LogP contribution in [-0.2, 0) is 4.74 Å². The van der Waals surface area contributed by atoms with Crippen LogP contribution < -0.4 is 4.74 Å². The number of hydrogen-bond donors (Lipinski definition) is 0. The van der Waals surface area contributed by atoms with E-state index in [1.54, 1.807) is 7.11 Å². The molecule has 0 aliphatic rings. The first-order valence-corrected chi connectivity index (χ1v) is 4.93. The summed E-state index contributed by atoms with van der Waals surface area (Å²) >= 11 is 0. The predicted molar refractivity (Wildman–Crippen MR) is 60.2 cm³/mol. The Bertz CT molecular complexity index is 432. The second kappa shape index (κ2) is 4.80. The minimum atomic E-state index is 0.574. The van der Waals surface area contributed by atoms with E-state index in [1.165, 1.54) is 0 Å². The fourth-order valence-electron chi connectivity index (χ4n) is 1.48. The van der Waals surface area contributed by atoms with Gasteiger partial charge in [-0.15, -0.1) is 0 Å². The molecule has 77 valence electrons. The topological polar surface area (TPSA) is 18.5 Å². The predicted octanol–water partition coefficient (Wildman–Crippen LogP) is 2.67. The number of rotatable bonds is 4. The maximum atomic E-state index is 5.61. The van der Waals surface area contributed by atoms with Gasteiger partial charge in [0.05, 0.1) is 6.61 Å². The normalized spacial score (nSPS) is 10.5. The number of methoxy groups -OCH3 is 1. The summed E-state index contributed by atoms with van der Waals surface area (Å²) in [4.78, 5) is 0. The van der Waals surface area contributed by atoms with Gasteiger partial charge in [-0.2, -0.15) is 0 Å². The molecule has 2 aromatic rings. The van der Waals surface area contributed by atoms with Crippen molar-refractivity contribution in [3.63, 3.8) is 0 Å². The smallest absolute Gasteiger partial charge is 0.127 e. The van der Waals surface area contributed by atoms with E-state index in [4.69, 9.17) is 9.47 Å². The Labute approximate surface area is 89.4 Å². The zero-order valence-corrected chi connectivity index (χ0v) is 8.69. The second-order valence-corrected chi connectivity index (χ2v) is 3.23. The molecule has 2 aromatic carbocycles. The Morgan fingerprint density at radius 2 is 2.00 bits per heavy atom. The fourth-order valence-corrected chi connectivity index (χ4v) is 1.48. The standard InChI is InChI=1S/C13H13O2/c1-14-9-10-15-13-8-4-6-11-5-2-3-7-12(11)13/h2-5,7-8H,9-10H2,1H3. The highest BCUT2D eigenvalue weighted by atomic mass is 16.5. The molecule has 0 spiro atoms. The van der Waals surface area contributed by atoms with E-state index in [9.17, 15) is 0 Å². The number of hydrogen-bond acceptors (Lipinski definition) is 2. The summed E-state index contributed by atoms with van der Waals surface area (Å²) in [6.45, 7) is 1.18. The van der Waals surface area contributed by atoms with Crippen LogP contribution in [0.15, 0.2) is 36.4 Å². The lowest BCUT2D eigenvalue weighted by Crippen LogP contribution is -2.04. The SMILES string of the molecule is COCCOc1cc[c]c2ccccc12. The summed E-state index contributed by atoms with van der Waals surface area (Å²) < 4.78 is 10.6. The van der Waals surface area contributed by atoms with Crippen LogP contribution in [0.4, 0.5) is 0 Å². The largest absolute Gasteiger partial charge is 0.491 e. The molecule has 1 radical (unpaired) electrons. The molecule has 2 nitrogen and oxygen atoms in total. The lowest BCUT2D eigenvalue weighted by Gasteiger charge is -2.08. The molecule has 0 N–H and O–H groups in total. The highest BCUT2D eigenvalue weighted by Gasteiger charge is 2.00. The summed E-state index contributed by atoms with van der Waals surface area (Å²) in [5, 5.41) is 2.17. The lowest BCUT2D eigenvalue weighted by molar-refractivity contribution is 0.147. The van der Waals surface area contributed by atoms with Crippen molar-refractivity contribution in [1.82, 2.24) is 0 Å². The van der Waals surface area contributed by atoms with Gasteiger partial charge in [0.25, 0.3) is 0 Å². The maximum Gasteiger partial charge on any atom is 0.127 e. The van der Waals surface area contributed by atoms with Gasteiger partial charge in [-0.05, 0) is 17.5 Å². The Morgan fingerprint density at radius 3 is 2.87 bits per heavy atom. The van der Waals surface area contributed by atoms with Crippen LogP contribution in [0.2, 0.25) is 0 Å². The van der Waals surface area contributed by atoms with E-state index in [2.05, 4.69) is 6.07 Å². The molecule has 0 bridgehead atoms. The molecule has 2 heteroatoms. The van der Waals surface area contributed by atoms with Crippen molar-refractivity contribution in [1.29, 1.82) is 0 Å². The van der Waals surface area contributed by atoms with Crippen LogP contribution in [-0.4, -0.2) is 20.3 Å². The lowest BCUT2D eigenvalue weighted by atomic mass is 10.1. The molecule has 0 aliphatic heterocycles.